The van der Waals surface area contributed by atoms with E-state index in [0.717, 1.165) is 0 Å². The first-order chi connectivity index (χ1) is 5.25. The van der Waals surface area contributed by atoms with Gasteiger partial charge >= 0.3 is 0 Å². The molecular formula is C9H8NO. The molecule has 1 N–H and O–H groups in total. The predicted molar refractivity (Wildman–Crippen MR) is 44.0 cm³/mol. The van der Waals surface area contributed by atoms with Crippen molar-refractivity contribution in [1.29, 1.82) is 0 Å². The van der Waals surface area contributed by atoms with Gasteiger partial charge in [0.05, 0.1) is 0 Å². The van der Waals surface area contributed by atoms with Crippen LogP contribution in [0.5, 0.6) is 0 Å². The Morgan fingerprint density at radius 3 is 2.55 bits per heavy atom. The van der Waals surface area contributed by atoms with Gasteiger partial charge in [-0.1, -0.05) is 30.9 Å². The van der Waals surface area contributed by atoms with Crippen LogP contribution in [-0.4, -0.2) is 5.91 Å². The highest BCUT2D eigenvalue weighted by Gasteiger charge is 2.03. The fourth-order valence-corrected chi connectivity index (χ4v) is 0.882. The second-order valence-corrected chi connectivity index (χ2v) is 2.12. The molecule has 55 valence electrons. The normalized spacial score (nSPS) is 9.09. The Hall–Kier alpha value is -1.57. The fourth-order valence-electron chi connectivity index (χ4n) is 0.882. The molecule has 0 spiro atoms. The summed E-state index contributed by atoms with van der Waals surface area (Å²) in [5.74, 6) is -0.666. The molecule has 0 fully saturated rings. The Morgan fingerprint density at radius 2 is 2.09 bits per heavy atom. The Morgan fingerprint density at radius 1 is 1.45 bits per heavy atom. The quantitative estimate of drug-likeness (QED) is 0.626. The van der Waals surface area contributed by atoms with Crippen molar-refractivity contribution >= 4 is 12.0 Å². The van der Waals surface area contributed by atoms with E-state index in [1.54, 1.807) is 24.3 Å². The summed E-state index contributed by atoms with van der Waals surface area (Å²) in [6.07, 6.45) is 1.57. The molecule has 2 heteroatoms. The molecule has 0 unspecified atom stereocenters. The van der Waals surface area contributed by atoms with Crippen molar-refractivity contribution in [2.75, 3.05) is 0 Å². The van der Waals surface area contributed by atoms with Crippen molar-refractivity contribution in [2.45, 2.75) is 0 Å². The lowest BCUT2D eigenvalue weighted by molar-refractivity contribution is 0.0992. The van der Waals surface area contributed by atoms with Crippen LogP contribution in [0.2, 0.25) is 0 Å². The summed E-state index contributed by atoms with van der Waals surface area (Å²) in [6, 6.07) is 6.92. The third-order valence-electron chi connectivity index (χ3n) is 1.43. The monoisotopic (exact) mass is 146 g/mol. The van der Waals surface area contributed by atoms with Gasteiger partial charge in [-0.2, -0.15) is 0 Å². The van der Waals surface area contributed by atoms with Crippen LogP contribution < -0.4 is 5.73 Å². The minimum atomic E-state index is -0.666. The SMILES string of the molecule is C=Cc1ccccc1C([NH])=O. The third kappa shape index (κ3) is 1.46. The first kappa shape index (κ1) is 7.54. The summed E-state index contributed by atoms with van der Waals surface area (Å²) >= 11 is 0. The van der Waals surface area contributed by atoms with Gasteiger partial charge in [0.15, 0.2) is 0 Å². The Balaban J connectivity index is 3.22. The molecule has 0 aliphatic heterocycles. The zero-order valence-electron chi connectivity index (χ0n) is 6.00. The van der Waals surface area contributed by atoms with Crippen LogP contribution in [0.15, 0.2) is 30.8 Å². The van der Waals surface area contributed by atoms with Gasteiger partial charge in [0.1, 0.15) is 0 Å². The largest absolute Gasteiger partial charge is 0.270 e. The van der Waals surface area contributed by atoms with E-state index in [1.165, 1.54) is 0 Å². The summed E-state index contributed by atoms with van der Waals surface area (Å²) in [7, 11) is 0. The van der Waals surface area contributed by atoms with Gasteiger partial charge in [-0.15, -0.1) is 0 Å². The van der Waals surface area contributed by atoms with Crippen LogP contribution in [0.25, 0.3) is 6.08 Å². The minimum absolute atomic E-state index is 0.405. The van der Waals surface area contributed by atoms with E-state index >= 15 is 0 Å². The molecule has 0 atom stereocenters. The van der Waals surface area contributed by atoms with Crippen molar-refractivity contribution in [3.8, 4) is 0 Å². The second-order valence-electron chi connectivity index (χ2n) is 2.12. The standard InChI is InChI=1S/C9H8NO/c1-2-7-5-3-4-6-8(7)9(10)11/h2-6,10H,1H2. The number of nitrogens with one attached hydrogen (secondary N) is 1. The summed E-state index contributed by atoms with van der Waals surface area (Å²) in [5.41, 5.74) is 8.00. The molecular weight excluding hydrogens is 138 g/mol. The molecule has 1 aromatic carbocycles. The number of carbonyl (C=O) groups is 1. The van der Waals surface area contributed by atoms with Crippen molar-refractivity contribution < 1.29 is 4.79 Å². The maximum Gasteiger partial charge on any atom is 0.270 e. The van der Waals surface area contributed by atoms with Crippen molar-refractivity contribution in [2.24, 2.45) is 0 Å². The first-order valence-corrected chi connectivity index (χ1v) is 3.23. The average molecular weight is 146 g/mol. The van der Waals surface area contributed by atoms with Gasteiger partial charge in [-0.05, 0) is 11.6 Å². The lowest BCUT2D eigenvalue weighted by atomic mass is 10.1. The van der Waals surface area contributed by atoms with Crippen molar-refractivity contribution in [3.05, 3.63) is 42.0 Å². The van der Waals surface area contributed by atoms with E-state index in [0.29, 0.717) is 11.1 Å². The molecule has 1 rings (SSSR count). The smallest absolute Gasteiger partial charge is 0.267 e. The second kappa shape index (κ2) is 3.01. The van der Waals surface area contributed by atoms with E-state index in [4.69, 9.17) is 5.73 Å². The molecule has 2 nitrogen and oxygen atoms in total. The van der Waals surface area contributed by atoms with Crippen LogP contribution >= 0.6 is 0 Å². The number of benzene rings is 1. The number of rotatable bonds is 2. The topological polar surface area (TPSA) is 40.9 Å². The van der Waals surface area contributed by atoms with Gasteiger partial charge in [-0.25, -0.2) is 0 Å². The maximum atomic E-state index is 10.6. The molecule has 0 saturated heterocycles. The molecule has 0 aliphatic carbocycles. The van der Waals surface area contributed by atoms with E-state index in [-0.39, 0.29) is 0 Å². The molecule has 0 saturated carbocycles. The van der Waals surface area contributed by atoms with Crippen molar-refractivity contribution in [1.82, 2.24) is 5.73 Å². The number of hydrogen-bond donors (Lipinski definition) is 0. The Labute approximate surface area is 65.3 Å². The van der Waals surface area contributed by atoms with E-state index in [9.17, 15) is 4.79 Å². The van der Waals surface area contributed by atoms with Crippen LogP contribution in [0.1, 0.15) is 15.9 Å². The van der Waals surface area contributed by atoms with E-state index in [2.05, 4.69) is 6.58 Å². The highest BCUT2D eigenvalue weighted by atomic mass is 16.1. The molecule has 0 bridgehead atoms. The highest BCUT2D eigenvalue weighted by molar-refractivity contribution is 5.95. The van der Waals surface area contributed by atoms with Crippen molar-refractivity contribution in [3.63, 3.8) is 0 Å². The van der Waals surface area contributed by atoms with Gasteiger partial charge in [0.25, 0.3) is 5.91 Å². The molecule has 0 aromatic heterocycles. The van der Waals surface area contributed by atoms with E-state index in [1.807, 2.05) is 6.07 Å². The van der Waals surface area contributed by atoms with Gasteiger partial charge in [0, 0.05) is 5.56 Å². The zero-order valence-corrected chi connectivity index (χ0v) is 6.00. The van der Waals surface area contributed by atoms with Crippen LogP contribution in [0.3, 0.4) is 0 Å². The first-order valence-electron chi connectivity index (χ1n) is 3.23. The molecule has 1 aromatic rings. The minimum Gasteiger partial charge on any atom is -0.267 e. The Bertz CT molecular complexity index is 291. The fraction of sp³-hybridized carbons (Fsp3) is 0. The number of hydrogen-bond acceptors (Lipinski definition) is 1. The Kier molecular flexibility index (Phi) is 2.06. The summed E-state index contributed by atoms with van der Waals surface area (Å²) in [4.78, 5) is 10.6. The molecule has 1 amide bonds. The molecule has 11 heavy (non-hydrogen) atoms. The zero-order chi connectivity index (χ0) is 8.27. The summed E-state index contributed by atoms with van der Waals surface area (Å²) < 4.78 is 0. The lowest BCUT2D eigenvalue weighted by Crippen LogP contribution is -2.00. The van der Waals surface area contributed by atoms with Gasteiger partial charge in [-0.3, -0.25) is 10.5 Å². The predicted octanol–water partition coefficient (Wildman–Crippen LogP) is 1.75. The maximum absolute atomic E-state index is 10.6. The summed E-state index contributed by atoms with van der Waals surface area (Å²) in [5, 5.41) is 0. The number of amides is 1. The van der Waals surface area contributed by atoms with Crippen LogP contribution in [-0.2, 0) is 0 Å². The van der Waals surface area contributed by atoms with Gasteiger partial charge in [0.2, 0.25) is 0 Å². The number of carbonyl (C=O) groups excluding carboxylic acids is 1. The van der Waals surface area contributed by atoms with Crippen LogP contribution in [0.4, 0.5) is 0 Å². The molecule has 0 heterocycles. The van der Waals surface area contributed by atoms with Gasteiger partial charge < -0.3 is 0 Å². The lowest BCUT2D eigenvalue weighted by Gasteiger charge is -1.97. The third-order valence-corrected chi connectivity index (χ3v) is 1.43. The van der Waals surface area contributed by atoms with Crippen LogP contribution in [0, 0.1) is 0 Å². The molecule has 1 radical (unpaired) electrons. The summed E-state index contributed by atoms with van der Waals surface area (Å²) in [6.45, 7) is 3.54. The highest BCUT2D eigenvalue weighted by Crippen LogP contribution is 2.08. The molecule has 0 aliphatic rings. The average Bonchev–Trinajstić information content (AvgIpc) is 2.04. The van der Waals surface area contributed by atoms with E-state index < -0.39 is 5.91 Å².